The van der Waals surface area contributed by atoms with Gasteiger partial charge in [-0.25, -0.2) is 9.82 Å². The van der Waals surface area contributed by atoms with Crippen LogP contribution in [0.3, 0.4) is 0 Å². The van der Waals surface area contributed by atoms with E-state index in [1.165, 1.54) is 6.42 Å². The third kappa shape index (κ3) is 2.93. The lowest BCUT2D eigenvalue weighted by Crippen LogP contribution is -2.35. The first-order chi connectivity index (χ1) is 12.1. The zero-order valence-corrected chi connectivity index (χ0v) is 15.0. The minimum Gasteiger partial charge on any atom is -0.477 e. The zero-order chi connectivity index (χ0) is 19.1. The number of ether oxygens (including phenoxy) is 1. The summed E-state index contributed by atoms with van der Waals surface area (Å²) in [5.41, 5.74) is 3.16. The molecule has 0 aliphatic heterocycles. The zero-order valence-electron chi connectivity index (χ0n) is 15.0. The number of halogens is 1. The normalized spacial score (nSPS) is 27.5. The standard InChI is InChI=1S/C18H22FN3O4/c1-17(2)11-6-7-18(17,3)15(8-11)20-21-16(23)10-26-14-9-12(19)4-5-13(14)22(24)25/h4-5,9,11H,6-8,10H2,1-3H3,(H,21,23)/b20-15+. The van der Waals surface area contributed by atoms with Crippen molar-refractivity contribution in [3.05, 3.63) is 34.1 Å². The predicted octanol–water partition coefficient (Wildman–Crippen LogP) is 3.43. The molecule has 0 aromatic heterocycles. The molecule has 1 aromatic carbocycles. The van der Waals surface area contributed by atoms with Crippen molar-refractivity contribution in [2.45, 2.75) is 40.0 Å². The van der Waals surface area contributed by atoms with Gasteiger partial charge in [-0.15, -0.1) is 0 Å². The number of fused-ring (bicyclic) bond motifs is 2. The van der Waals surface area contributed by atoms with Gasteiger partial charge in [0.2, 0.25) is 5.75 Å². The number of hydrogen-bond acceptors (Lipinski definition) is 5. The summed E-state index contributed by atoms with van der Waals surface area (Å²) in [5, 5.41) is 15.2. The number of carbonyl (C=O) groups excluding carboxylic acids is 1. The van der Waals surface area contributed by atoms with Crippen LogP contribution in [0.5, 0.6) is 5.75 Å². The highest BCUT2D eigenvalue weighted by Gasteiger charge is 2.60. The van der Waals surface area contributed by atoms with Gasteiger partial charge in [0.15, 0.2) is 6.61 Å². The van der Waals surface area contributed by atoms with E-state index in [-0.39, 0.29) is 16.6 Å². The van der Waals surface area contributed by atoms with Crippen LogP contribution in [0.15, 0.2) is 23.3 Å². The lowest BCUT2D eigenvalue weighted by atomic mass is 9.70. The summed E-state index contributed by atoms with van der Waals surface area (Å²) in [6, 6.07) is 2.85. The van der Waals surface area contributed by atoms with Gasteiger partial charge < -0.3 is 4.74 Å². The van der Waals surface area contributed by atoms with E-state index in [1.54, 1.807) is 0 Å². The molecule has 2 unspecified atom stereocenters. The molecule has 140 valence electrons. The van der Waals surface area contributed by atoms with Crippen LogP contribution in [-0.4, -0.2) is 23.1 Å². The summed E-state index contributed by atoms with van der Waals surface area (Å²) in [4.78, 5) is 22.2. The van der Waals surface area contributed by atoms with Crippen LogP contribution >= 0.6 is 0 Å². The molecule has 2 aliphatic rings. The van der Waals surface area contributed by atoms with E-state index in [2.05, 4.69) is 31.3 Å². The lowest BCUT2D eigenvalue weighted by molar-refractivity contribution is -0.385. The van der Waals surface area contributed by atoms with E-state index < -0.39 is 28.9 Å². The summed E-state index contributed by atoms with van der Waals surface area (Å²) in [7, 11) is 0. The van der Waals surface area contributed by atoms with Crippen LogP contribution in [0.4, 0.5) is 10.1 Å². The Hall–Kier alpha value is -2.51. The van der Waals surface area contributed by atoms with E-state index in [0.717, 1.165) is 36.8 Å². The predicted molar refractivity (Wildman–Crippen MR) is 93.4 cm³/mol. The number of hydrogen-bond donors (Lipinski definition) is 1. The Bertz CT molecular complexity index is 793. The third-order valence-electron chi connectivity index (χ3n) is 6.31. The number of carbonyl (C=O) groups is 1. The Morgan fingerprint density at radius 2 is 2.19 bits per heavy atom. The number of nitrogens with one attached hydrogen (secondary N) is 1. The number of nitro benzene ring substituents is 1. The van der Waals surface area contributed by atoms with Gasteiger partial charge in [-0.3, -0.25) is 14.9 Å². The molecule has 2 fully saturated rings. The first-order valence-corrected chi connectivity index (χ1v) is 8.58. The van der Waals surface area contributed by atoms with Crippen molar-refractivity contribution in [3.8, 4) is 5.75 Å². The largest absolute Gasteiger partial charge is 0.477 e. The van der Waals surface area contributed by atoms with Gasteiger partial charge in [0.05, 0.1) is 4.92 Å². The van der Waals surface area contributed by atoms with Crippen molar-refractivity contribution >= 4 is 17.3 Å². The molecule has 2 atom stereocenters. The number of nitro groups is 1. The van der Waals surface area contributed by atoms with Crippen LogP contribution in [0, 0.1) is 32.7 Å². The Kier molecular flexibility index (Phi) is 4.46. The van der Waals surface area contributed by atoms with Gasteiger partial charge in [-0.2, -0.15) is 5.10 Å². The molecule has 8 heteroatoms. The monoisotopic (exact) mass is 363 g/mol. The number of nitrogens with zero attached hydrogens (tertiary/aromatic N) is 2. The Morgan fingerprint density at radius 1 is 1.46 bits per heavy atom. The van der Waals surface area contributed by atoms with E-state index in [0.29, 0.717) is 5.92 Å². The smallest absolute Gasteiger partial charge is 0.311 e. The third-order valence-corrected chi connectivity index (χ3v) is 6.31. The van der Waals surface area contributed by atoms with Crippen LogP contribution in [0.1, 0.15) is 40.0 Å². The van der Waals surface area contributed by atoms with Gasteiger partial charge in [-0.1, -0.05) is 20.8 Å². The van der Waals surface area contributed by atoms with Crippen molar-refractivity contribution < 1.29 is 18.8 Å². The minimum absolute atomic E-state index is 0.0346. The molecule has 0 spiro atoms. The summed E-state index contributed by atoms with van der Waals surface area (Å²) in [5.74, 6) is -0.941. The van der Waals surface area contributed by atoms with E-state index in [4.69, 9.17) is 4.74 Å². The maximum Gasteiger partial charge on any atom is 0.311 e. The Morgan fingerprint density at radius 3 is 2.77 bits per heavy atom. The second kappa shape index (κ2) is 6.34. The molecule has 1 N–H and O–H groups in total. The summed E-state index contributed by atoms with van der Waals surface area (Å²) >= 11 is 0. The highest BCUT2D eigenvalue weighted by atomic mass is 19.1. The second-order valence-electron chi connectivity index (χ2n) is 7.74. The van der Waals surface area contributed by atoms with E-state index >= 15 is 0 Å². The molecule has 26 heavy (non-hydrogen) atoms. The number of hydrazone groups is 1. The minimum atomic E-state index is -0.689. The molecule has 1 amide bonds. The molecular weight excluding hydrogens is 341 g/mol. The Labute approximate surface area is 150 Å². The summed E-state index contributed by atoms with van der Waals surface area (Å²) in [6.45, 7) is 6.17. The first kappa shape index (κ1) is 18.3. The van der Waals surface area contributed by atoms with Crippen molar-refractivity contribution in [2.24, 2.45) is 21.8 Å². The second-order valence-corrected chi connectivity index (χ2v) is 7.74. The van der Waals surface area contributed by atoms with Crippen LogP contribution in [0.2, 0.25) is 0 Å². The highest BCUT2D eigenvalue weighted by Crippen LogP contribution is 2.63. The lowest BCUT2D eigenvalue weighted by Gasteiger charge is -2.34. The molecule has 0 heterocycles. The molecule has 1 aromatic rings. The summed E-state index contributed by atoms with van der Waals surface area (Å²) < 4.78 is 18.4. The fourth-order valence-corrected chi connectivity index (χ4v) is 4.16. The Balaban J connectivity index is 1.63. The van der Waals surface area contributed by atoms with Gasteiger partial charge in [0, 0.05) is 23.3 Å². The molecule has 2 aliphatic carbocycles. The van der Waals surface area contributed by atoms with E-state index in [9.17, 15) is 19.3 Å². The molecule has 0 radical (unpaired) electrons. The van der Waals surface area contributed by atoms with Gasteiger partial charge in [0.1, 0.15) is 5.82 Å². The van der Waals surface area contributed by atoms with E-state index in [1.807, 2.05) is 0 Å². The van der Waals surface area contributed by atoms with Gasteiger partial charge in [-0.05, 0) is 36.7 Å². The summed E-state index contributed by atoms with van der Waals surface area (Å²) in [6.07, 6.45) is 3.08. The molecule has 0 saturated heterocycles. The fourth-order valence-electron chi connectivity index (χ4n) is 4.16. The van der Waals surface area contributed by atoms with Crippen LogP contribution < -0.4 is 10.2 Å². The van der Waals surface area contributed by atoms with Crippen molar-refractivity contribution in [2.75, 3.05) is 6.61 Å². The fraction of sp³-hybridized carbons (Fsp3) is 0.556. The average Bonchev–Trinajstić information content (AvgIpc) is 2.91. The van der Waals surface area contributed by atoms with Gasteiger partial charge in [0.25, 0.3) is 5.91 Å². The van der Waals surface area contributed by atoms with Gasteiger partial charge >= 0.3 is 5.69 Å². The molecule has 7 nitrogen and oxygen atoms in total. The molecule has 2 bridgehead atoms. The SMILES string of the molecule is CC12CCC(C/C1=N\NC(=O)COc1cc(F)ccc1[N+](=O)[O-])C2(C)C. The van der Waals surface area contributed by atoms with Crippen LogP contribution in [-0.2, 0) is 4.79 Å². The van der Waals surface area contributed by atoms with Crippen LogP contribution in [0.25, 0.3) is 0 Å². The maximum absolute atomic E-state index is 13.3. The molecule has 2 saturated carbocycles. The number of rotatable bonds is 5. The number of benzene rings is 1. The van der Waals surface area contributed by atoms with Crippen molar-refractivity contribution in [1.29, 1.82) is 0 Å². The molecule has 3 rings (SSSR count). The number of amides is 1. The van der Waals surface area contributed by atoms with Crippen molar-refractivity contribution in [1.82, 2.24) is 5.43 Å². The average molecular weight is 363 g/mol. The highest BCUT2D eigenvalue weighted by molar-refractivity contribution is 5.95. The quantitative estimate of drug-likeness (QED) is 0.640. The molecular formula is C18H22FN3O4. The first-order valence-electron chi connectivity index (χ1n) is 8.58. The topological polar surface area (TPSA) is 93.8 Å². The maximum atomic E-state index is 13.3. The van der Waals surface area contributed by atoms with Crippen molar-refractivity contribution in [3.63, 3.8) is 0 Å².